The van der Waals surface area contributed by atoms with E-state index in [1.807, 2.05) is 24.3 Å². The maximum atomic E-state index is 12.5. The van der Waals surface area contributed by atoms with Crippen LogP contribution < -0.4 is 20.7 Å². The number of anilines is 3. The molecule has 0 aliphatic carbocycles. The van der Waals surface area contributed by atoms with Crippen LogP contribution in [0.1, 0.15) is 6.92 Å². The highest BCUT2D eigenvalue weighted by molar-refractivity contribution is 7.99. The summed E-state index contributed by atoms with van der Waals surface area (Å²) in [4.78, 5) is 32.7. The highest BCUT2D eigenvalue weighted by Crippen LogP contribution is 2.29. The van der Waals surface area contributed by atoms with Crippen molar-refractivity contribution in [1.82, 2.24) is 9.97 Å². The predicted molar refractivity (Wildman–Crippen MR) is 116 cm³/mol. The van der Waals surface area contributed by atoms with Gasteiger partial charge in [-0.3, -0.25) is 9.59 Å². The van der Waals surface area contributed by atoms with Crippen molar-refractivity contribution in [3.63, 3.8) is 0 Å². The molecule has 0 spiro atoms. The Bertz CT molecular complexity index is 1060. The number of thioether (sulfide) groups is 1. The van der Waals surface area contributed by atoms with Crippen LogP contribution in [0.3, 0.4) is 0 Å². The van der Waals surface area contributed by atoms with Gasteiger partial charge in [-0.2, -0.15) is 0 Å². The van der Waals surface area contributed by atoms with Crippen molar-refractivity contribution in [2.75, 3.05) is 35.9 Å². The van der Waals surface area contributed by atoms with Crippen molar-refractivity contribution in [1.29, 1.82) is 0 Å². The summed E-state index contributed by atoms with van der Waals surface area (Å²) in [6.45, 7) is 1.42. The minimum Gasteiger partial charge on any atom is -0.495 e. The first-order chi connectivity index (χ1) is 14.0. The highest BCUT2D eigenvalue weighted by Gasteiger charge is 2.12. The second kappa shape index (κ2) is 9.24. The van der Waals surface area contributed by atoms with Crippen LogP contribution >= 0.6 is 11.8 Å². The molecular weight excluding hydrogens is 390 g/mol. The van der Waals surface area contributed by atoms with Crippen LogP contribution in [-0.4, -0.2) is 41.7 Å². The van der Waals surface area contributed by atoms with Gasteiger partial charge < -0.3 is 20.7 Å². The molecule has 0 atom stereocenters. The third-order valence-corrected chi connectivity index (χ3v) is 4.79. The number of nitrogens with one attached hydrogen (secondary N) is 3. The molecule has 0 bridgehead atoms. The Morgan fingerprint density at radius 3 is 2.62 bits per heavy atom. The highest BCUT2D eigenvalue weighted by atomic mass is 32.2. The van der Waals surface area contributed by atoms with E-state index in [2.05, 4.69) is 25.9 Å². The van der Waals surface area contributed by atoms with Crippen LogP contribution in [0.4, 0.5) is 17.2 Å². The third kappa shape index (κ3) is 5.14. The van der Waals surface area contributed by atoms with Crippen molar-refractivity contribution in [3.8, 4) is 5.75 Å². The first-order valence-electron chi connectivity index (χ1n) is 8.83. The van der Waals surface area contributed by atoms with E-state index in [0.717, 1.165) is 10.9 Å². The molecule has 0 aliphatic rings. The van der Waals surface area contributed by atoms with E-state index in [-0.39, 0.29) is 17.6 Å². The normalized spacial score (nSPS) is 10.4. The summed E-state index contributed by atoms with van der Waals surface area (Å²) in [5.74, 6) is 0.891. The number of hydrogen-bond acceptors (Lipinski definition) is 7. The molecule has 2 aromatic carbocycles. The van der Waals surface area contributed by atoms with E-state index in [9.17, 15) is 9.59 Å². The average Bonchev–Trinajstić information content (AvgIpc) is 2.71. The minimum atomic E-state index is -0.240. The van der Waals surface area contributed by atoms with Crippen molar-refractivity contribution < 1.29 is 14.3 Å². The minimum absolute atomic E-state index is 0.120. The molecule has 9 heteroatoms. The smallest absolute Gasteiger partial charge is 0.234 e. The Labute approximate surface area is 172 Å². The number of ether oxygens (including phenoxy) is 1. The van der Waals surface area contributed by atoms with Crippen LogP contribution in [0, 0.1) is 0 Å². The number of benzene rings is 2. The number of nitrogens with zero attached hydrogens (tertiary/aromatic N) is 2. The zero-order chi connectivity index (χ0) is 20.8. The molecule has 0 saturated heterocycles. The third-order valence-electron chi connectivity index (χ3n) is 3.95. The Morgan fingerprint density at radius 1 is 1.10 bits per heavy atom. The van der Waals surface area contributed by atoms with Gasteiger partial charge in [0, 0.05) is 25.0 Å². The van der Waals surface area contributed by atoms with Crippen LogP contribution in [0.5, 0.6) is 5.75 Å². The SMILES string of the molecule is CNc1nc(SCC(=O)Nc2cc(NC(C)=O)ccc2OC)nc2ccccc12. The maximum absolute atomic E-state index is 12.5. The van der Waals surface area contributed by atoms with Gasteiger partial charge in [0.05, 0.1) is 24.1 Å². The Kier molecular flexibility index (Phi) is 6.50. The lowest BCUT2D eigenvalue weighted by atomic mass is 10.2. The van der Waals surface area contributed by atoms with Gasteiger partial charge in [0.15, 0.2) is 5.16 Å². The maximum Gasteiger partial charge on any atom is 0.234 e. The molecular formula is C20H21N5O3S. The van der Waals surface area contributed by atoms with Gasteiger partial charge in [-0.1, -0.05) is 23.9 Å². The van der Waals surface area contributed by atoms with Crippen LogP contribution in [0.15, 0.2) is 47.6 Å². The zero-order valence-corrected chi connectivity index (χ0v) is 17.1. The average molecular weight is 411 g/mol. The summed E-state index contributed by atoms with van der Waals surface area (Å²) >= 11 is 1.24. The Hall–Kier alpha value is -3.33. The second-order valence-electron chi connectivity index (χ2n) is 6.06. The molecule has 1 heterocycles. The Balaban J connectivity index is 1.72. The van der Waals surface area contributed by atoms with E-state index in [0.29, 0.717) is 28.1 Å². The summed E-state index contributed by atoms with van der Waals surface area (Å²) in [5, 5.41) is 9.96. The molecule has 0 saturated carbocycles. The molecule has 0 radical (unpaired) electrons. The topological polar surface area (TPSA) is 105 Å². The Morgan fingerprint density at radius 2 is 1.90 bits per heavy atom. The van der Waals surface area contributed by atoms with Gasteiger partial charge in [-0.15, -0.1) is 0 Å². The van der Waals surface area contributed by atoms with Crippen LogP contribution in [0.2, 0.25) is 0 Å². The van der Waals surface area contributed by atoms with Gasteiger partial charge in [-0.25, -0.2) is 9.97 Å². The predicted octanol–water partition coefficient (Wildman–Crippen LogP) is 3.37. The quantitative estimate of drug-likeness (QED) is 0.404. The van der Waals surface area contributed by atoms with E-state index in [1.54, 1.807) is 25.2 Å². The number of methoxy groups -OCH3 is 1. The lowest BCUT2D eigenvalue weighted by Gasteiger charge is -2.12. The van der Waals surface area contributed by atoms with E-state index >= 15 is 0 Å². The van der Waals surface area contributed by atoms with Crippen LogP contribution in [0.25, 0.3) is 10.9 Å². The monoisotopic (exact) mass is 411 g/mol. The van der Waals surface area contributed by atoms with Gasteiger partial charge in [-0.05, 0) is 30.3 Å². The summed E-state index contributed by atoms with van der Waals surface area (Å²) in [6, 6.07) is 12.7. The molecule has 0 fully saturated rings. The molecule has 29 heavy (non-hydrogen) atoms. The van der Waals surface area contributed by atoms with E-state index < -0.39 is 0 Å². The summed E-state index contributed by atoms with van der Waals surface area (Å²) < 4.78 is 5.28. The fourth-order valence-corrected chi connectivity index (χ4v) is 3.36. The number of para-hydroxylation sites is 1. The largest absolute Gasteiger partial charge is 0.495 e. The lowest BCUT2D eigenvalue weighted by Crippen LogP contribution is -2.15. The number of rotatable bonds is 7. The summed E-state index contributed by atoms with van der Waals surface area (Å²) in [6.07, 6.45) is 0. The number of amides is 2. The fraction of sp³-hybridized carbons (Fsp3) is 0.200. The molecule has 3 rings (SSSR count). The fourth-order valence-electron chi connectivity index (χ4n) is 2.71. The summed E-state index contributed by atoms with van der Waals surface area (Å²) in [7, 11) is 3.31. The number of aromatic nitrogens is 2. The first kappa shape index (κ1) is 20.4. The number of hydrogen-bond donors (Lipinski definition) is 3. The lowest BCUT2D eigenvalue weighted by molar-refractivity contribution is -0.114. The van der Waals surface area contributed by atoms with Gasteiger partial charge in [0.25, 0.3) is 0 Å². The summed E-state index contributed by atoms with van der Waals surface area (Å²) in [5.41, 5.74) is 1.84. The number of carbonyl (C=O) groups is 2. The molecule has 0 aliphatic heterocycles. The second-order valence-corrected chi connectivity index (χ2v) is 7.00. The molecule has 1 aromatic heterocycles. The molecule has 2 amide bonds. The molecule has 0 unspecified atom stereocenters. The molecule has 3 aromatic rings. The standard InChI is InChI=1S/C20H21N5O3S/c1-12(26)22-13-8-9-17(28-3)16(10-13)23-18(27)11-29-20-24-15-7-5-4-6-14(15)19(21-2)25-20/h4-10H,11H2,1-3H3,(H,22,26)(H,23,27)(H,21,24,25). The first-order valence-corrected chi connectivity index (χ1v) is 9.81. The molecule has 150 valence electrons. The van der Waals surface area contributed by atoms with E-state index in [4.69, 9.17) is 4.74 Å². The molecule has 3 N–H and O–H groups in total. The number of fused-ring (bicyclic) bond motifs is 1. The van der Waals surface area contributed by atoms with Crippen molar-refractivity contribution >= 4 is 51.7 Å². The number of carbonyl (C=O) groups excluding carboxylic acids is 2. The zero-order valence-electron chi connectivity index (χ0n) is 16.3. The van der Waals surface area contributed by atoms with E-state index in [1.165, 1.54) is 25.8 Å². The van der Waals surface area contributed by atoms with Crippen molar-refractivity contribution in [2.24, 2.45) is 0 Å². The van der Waals surface area contributed by atoms with Crippen molar-refractivity contribution in [2.45, 2.75) is 12.1 Å². The van der Waals surface area contributed by atoms with Gasteiger partial charge in [0.2, 0.25) is 11.8 Å². The molecule has 8 nitrogen and oxygen atoms in total. The van der Waals surface area contributed by atoms with Crippen LogP contribution in [-0.2, 0) is 9.59 Å². The van der Waals surface area contributed by atoms with Crippen molar-refractivity contribution in [3.05, 3.63) is 42.5 Å². The van der Waals surface area contributed by atoms with Gasteiger partial charge in [0.1, 0.15) is 11.6 Å². The van der Waals surface area contributed by atoms with Gasteiger partial charge >= 0.3 is 0 Å².